The van der Waals surface area contributed by atoms with Crippen LogP contribution in [0, 0.1) is 46.9 Å². The predicted octanol–water partition coefficient (Wildman–Crippen LogP) is 4.48. The second-order valence-corrected chi connectivity index (χ2v) is 6.94. The van der Waals surface area contributed by atoms with Crippen molar-refractivity contribution in [2.45, 2.75) is 38.1 Å². The van der Waals surface area contributed by atoms with E-state index in [-0.39, 0.29) is 12.1 Å². The quantitative estimate of drug-likeness (QED) is 0.627. The van der Waals surface area contributed by atoms with Gasteiger partial charge in [0.25, 0.3) is 0 Å². The number of benzene rings is 1. The summed E-state index contributed by atoms with van der Waals surface area (Å²) in [7, 11) is 0. The number of anilines is 1. The topological polar surface area (TPSA) is 12.0 Å². The molecule has 5 heteroatoms. The fraction of sp³-hybridized carbons (Fsp3) is 0.625. The van der Waals surface area contributed by atoms with Crippen molar-refractivity contribution in [1.82, 2.24) is 0 Å². The smallest absolute Gasteiger partial charge is 0.185 e. The van der Waals surface area contributed by atoms with Crippen molar-refractivity contribution < 1.29 is 17.6 Å². The third-order valence-corrected chi connectivity index (χ3v) is 5.65. The average Bonchev–Trinajstić information content (AvgIpc) is 2.43. The summed E-state index contributed by atoms with van der Waals surface area (Å²) in [5.41, 5.74) is -0.634. The zero-order valence-corrected chi connectivity index (χ0v) is 11.5. The van der Waals surface area contributed by atoms with Gasteiger partial charge in [-0.05, 0) is 55.8 Å². The van der Waals surface area contributed by atoms with Gasteiger partial charge in [-0.1, -0.05) is 0 Å². The molecular weight excluding hydrogens is 282 g/mol. The van der Waals surface area contributed by atoms with Gasteiger partial charge in [0.1, 0.15) is 5.69 Å². The normalized spacial score (nSPS) is 37.0. The number of nitrogens with one attached hydrogen (secondary N) is 1. The largest absolute Gasteiger partial charge is 0.377 e. The minimum absolute atomic E-state index is 0.0667. The molecule has 0 atom stereocenters. The van der Waals surface area contributed by atoms with E-state index in [1.54, 1.807) is 0 Å². The molecule has 21 heavy (non-hydrogen) atoms. The van der Waals surface area contributed by atoms with E-state index in [4.69, 9.17) is 0 Å². The third kappa shape index (κ3) is 2.04. The molecule has 4 bridgehead atoms. The van der Waals surface area contributed by atoms with Gasteiger partial charge in [-0.15, -0.1) is 0 Å². The highest BCUT2D eigenvalue weighted by Crippen LogP contribution is 2.54. The maximum atomic E-state index is 13.8. The molecule has 4 fully saturated rings. The molecule has 0 aliphatic heterocycles. The lowest BCUT2D eigenvalue weighted by Gasteiger charge is -2.54. The molecule has 0 heterocycles. The maximum absolute atomic E-state index is 13.8. The Morgan fingerprint density at radius 3 is 1.71 bits per heavy atom. The van der Waals surface area contributed by atoms with Crippen LogP contribution in [0.1, 0.15) is 32.1 Å². The van der Waals surface area contributed by atoms with Crippen LogP contribution in [0.2, 0.25) is 0 Å². The summed E-state index contributed by atoms with van der Waals surface area (Å²) >= 11 is 0. The molecule has 1 aromatic rings. The third-order valence-electron chi connectivity index (χ3n) is 5.65. The van der Waals surface area contributed by atoms with Gasteiger partial charge >= 0.3 is 0 Å². The summed E-state index contributed by atoms with van der Waals surface area (Å²) in [6, 6.07) is 0.190. The van der Waals surface area contributed by atoms with E-state index in [2.05, 4.69) is 5.32 Å². The highest BCUT2D eigenvalue weighted by atomic mass is 19.2. The Hall–Kier alpha value is -1.26. The van der Waals surface area contributed by atoms with Crippen LogP contribution in [-0.2, 0) is 0 Å². The number of rotatable bonds is 2. The summed E-state index contributed by atoms with van der Waals surface area (Å²) < 4.78 is 54.3. The Balaban J connectivity index is 1.65. The van der Waals surface area contributed by atoms with Crippen molar-refractivity contribution in [3.05, 3.63) is 29.3 Å². The molecule has 0 unspecified atom stereocenters. The van der Waals surface area contributed by atoms with Crippen molar-refractivity contribution in [3.8, 4) is 0 Å². The van der Waals surface area contributed by atoms with E-state index in [0.29, 0.717) is 11.8 Å². The van der Waals surface area contributed by atoms with Crippen LogP contribution in [0.3, 0.4) is 0 Å². The Labute approximate surface area is 120 Å². The van der Waals surface area contributed by atoms with Crippen molar-refractivity contribution in [2.75, 3.05) is 5.32 Å². The first-order valence-electron chi connectivity index (χ1n) is 7.62. The average molecular weight is 299 g/mol. The van der Waals surface area contributed by atoms with E-state index in [9.17, 15) is 17.6 Å². The van der Waals surface area contributed by atoms with Gasteiger partial charge < -0.3 is 5.32 Å². The summed E-state index contributed by atoms with van der Waals surface area (Å²) in [4.78, 5) is 0. The van der Waals surface area contributed by atoms with E-state index in [0.717, 1.165) is 37.5 Å². The zero-order valence-electron chi connectivity index (χ0n) is 11.5. The van der Waals surface area contributed by atoms with Crippen LogP contribution < -0.4 is 5.32 Å². The Morgan fingerprint density at radius 2 is 1.24 bits per heavy atom. The van der Waals surface area contributed by atoms with Gasteiger partial charge in [-0.3, -0.25) is 0 Å². The molecule has 1 N–H and O–H groups in total. The van der Waals surface area contributed by atoms with Crippen LogP contribution >= 0.6 is 0 Å². The second-order valence-electron chi connectivity index (χ2n) is 6.94. The lowest BCUT2D eigenvalue weighted by molar-refractivity contribution is 0.00730. The molecule has 0 aromatic heterocycles. The Morgan fingerprint density at radius 1 is 0.762 bits per heavy atom. The van der Waals surface area contributed by atoms with Crippen LogP contribution in [0.15, 0.2) is 6.07 Å². The standard InChI is InChI=1S/C16H17F4N/c17-11-6-12(18)14(20)16(13(11)19)21-15-9-2-7-1-8(4-9)5-10(15)3-7/h6-10,15,21H,1-5H2. The number of hydrogen-bond acceptors (Lipinski definition) is 1. The fourth-order valence-corrected chi connectivity index (χ4v) is 5.03. The predicted molar refractivity (Wildman–Crippen MR) is 70.7 cm³/mol. The Kier molecular flexibility index (Phi) is 2.95. The summed E-state index contributed by atoms with van der Waals surface area (Å²) in [5, 5.41) is 2.81. The van der Waals surface area contributed by atoms with Crippen molar-refractivity contribution in [2.24, 2.45) is 23.7 Å². The minimum atomic E-state index is -1.35. The molecule has 4 aliphatic carbocycles. The van der Waals surface area contributed by atoms with Gasteiger partial charge in [0.2, 0.25) is 0 Å². The minimum Gasteiger partial charge on any atom is -0.377 e. The zero-order chi connectivity index (χ0) is 14.7. The highest BCUT2D eigenvalue weighted by Gasteiger charge is 2.48. The molecule has 0 spiro atoms. The molecule has 1 nitrogen and oxygen atoms in total. The SMILES string of the molecule is Fc1cc(F)c(F)c(NC2C3CC4CC(C3)CC2C4)c1F. The first-order valence-corrected chi connectivity index (χ1v) is 7.62. The molecule has 1 aromatic carbocycles. The van der Waals surface area contributed by atoms with E-state index in [1.165, 1.54) is 6.42 Å². The van der Waals surface area contributed by atoms with Crippen LogP contribution in [0.25, 0.3) is 0 Å². The maximum Gasteiger partial charge on any atom is 0.185 e. The van der Waals surface area contributed by atoms with Gasteiger partial charge in [-0.2, -0.15) is 0 Å². The van der Waals surface area contributed by atoms with Gasteiger partial charge in [-0.25, -0.2) is 17.6 Å². The lowest BCUT2D eigenvalue weighted by Crippen LogP contribution is -2.51. The molecular formula is C16H17F4N. The van der Waals surface area contributed by atoms with E-state index in [1.807, 2.05) is 0 Å². The van der Waals surface area contributed by atoms with Gasteiger partial charge in [0.15, 0.2) is 23.3 Å². The van der Waals surface area contributed by atoms with Crippen LogP contribution in [-0.4, -0.2) is 6.04 Å². The molecule has 5 rings (SSSR count). The van der Waals surface area contributed by atoms with Crippen molar-refractivity contribution in [3.63, 3.8) is 0 Å². The number of hydrogen-bond donors (Lipinski definition) is 1. The first-order chi connectivity index (χ1) is 10.0. The number of halogens is 4. The molecule has 0 radical (unpaired) electrons. The first kappa shape index (κ1) is 13.4. The van der Waals surface area contributed by atoms with E-state index >= 15 is 0 Å². The summed E-state index contributed by atoms with van der Waals surface area (Å²) in [6.45, 7) is 0. The second kappa shape index (κ2) is 4.62. The van der Waals surface area contributed by atoms with Gasteiger partial charge in [0, 0.05) is 12.1 Å². The van der Waals surface area contributed by atoms with Gasteiger partial charge in [0.05, 0.1) is 0 Å². The Bertz CT molecular complexity index is 532. The van der Waals surface area contributed by atoms with Crippen LogP contribution in [0.4, 0.5) is 23.2 Å². The van der Waals surface area contributed by atoms with Crippen LogP contribution in [0.5, 0.6) is 0 Å². The molecule has 114 valence electrons. The van der Waals surface area contributed by atoms with E-state index < -0.39 is 29.0 Å². The van der Waals surface area contributed by atoms with Crippen molar-refractivity contribution in [1.29, 1.82) is 0 Å². The highest BCUT2D eigenvalue weighted by molar-refractivity contribution is 5.48. The molecule has 0 saturated heterocycles. The molecule has 4 aliphatic rings. The monoisotopic (exact) mass is 299 g/mol. The summed E-state index contributed by atoms with van der Waals surface area (Å²) in [5.74, 6) is -3.14. The fourth-order valence-electron chi connectivity index (χ4n) is 5.03. The lowest BCUT2D eigenvalue weighted by atomic mass is 9.54. The van der Waals surface area contributed by atoms with Crippen molar-refractivity contribution >= 4 is 5.69 Å². The molecule has 0 amide bonds. The summed E-state index contributed by atoms with van der Waals surface area (Å²) in [6.07, 6.45) is 5.52. The molecule has 4 saturated carbocycles.